The van der Waals surface area contributed by atoms with E-state index in [9.17, 15) is 19.5 Å². The van der Waals surface area contributed by atoms with Crippen LogP contribution in [0.4, 0.5) is 5.69 Å². The topological polar surface area (TPSA) is 170 Å². The predicted molar refractivity (Wildman–Crippen MR) is 136 cm³/mol. The van der Waals surface area contributed by atoms with Crippen LogP contribution >= 0.6 is 23.2 Å². The molecule has 0 radical (unpaired) electrons. The standard InChI is InChI=1S/C24H24Cl2N6O4/c25-17-2-1-3-18(26)20(17)22(34)32-19(23(35)36)10-13-4-7-15(8-5-13)30-21(33)14-6-9-16(11-14)31-24(28)29-12-27/h1-5,7-8,14,16,19H,6,9-11H2,(H,30,33)(H,32,34)(H,35,36)(H3,28,29,31)/t14-,16-,19-/m0/s1. The van der Waals surface area contributed by atoms with E-state index in [2.05, 4.69) is 20.9 Å². The van der Waals surface area contributed by atoms with Crippen molar-refractivity contribution in [2.24, 2.45) is 16.6 Å². The van der Waals surface area contributed by atoms with Gasteiger partial charge in [-0.1, -0.05) is 41.4 Å². The van der Waals surface area contributed by atoms with Crippen molar-refractivity contribution < 1.29 is 19.5 Å². The normalized spacial score (nSPS) is 18.1. The van der Waals surface area contributed by atoms with E-state index < -0.39 is 17.9 Å². The number of hydrogen-bond acceptors (Lipinski definition) is 5. The summed E-state index contributed by atoms with van der Waals surface area (Å²) in [6, 6.07) is 9.90. The van der Waals surface area contributed by atoms with Crippen LogP contribution in [-0.4, -0.2) is 40.9 Å². The van der Waals surface area contributed by atoms with E-state index in [4.69, 9.17) is 34.2 Å². The lowest BCUT2D eigenvalue weighted by Gasteiger charge is -2.16. The molecule has 3 rings (SSSR count). The molecule has 2 aromatic carbocycles. The zero-order chi connectivity index (χ0) is 26.2. The summed E-state index contributed by atoms with van der Waals surface area (Å²) in [5.41, 5.74) is 6.79. The van der Waals surface area contributed by atoms with Crippen LogP contribution in [-0.2, 0) is 16.0 Å². The van der Waals surface area contributed by atoms with E-state index in [1.807, 2.05) is 0 Å². The SMILES string of the molecule is N#CNC(N)=N[C@H]1CC[C@H](C(=O)Nc2ccc(C[C@H](NC(=O)c3c(Cl)cccc3Cl)C(=O)O)cc2)C1. The Morgan fingerprint density at radius 2 is 1.81 bits per heavy atom. The first-order valence-electron chi connectivity index (χ1n) is 11.0. The van der Waals surface area contributed by atoms with Gasteiger partial charge in [0, 0.05) is 18.0 Å². The molecule has 3 atom stereocenters. The van der Waals surface area contributed by atoms with Crippen LogP contribution in [0.5, 0.6) is 0 Å². The third kappa shape index (κ3) is 7.10. The molecule has 0 bridgehead atoms. The Hall–Kier alpha value is -3.81. The van der Waals surface area contributed by atoms with Crippen molar-refractivity contribution in [1.29, 1.82) is 5.26 Å². The van der Waals surface area contributed by atoms with Gasteiger partial charge in [0.05, 0.1) is 21.7 Å². The number of halogens is 2. The van der Waals surface area contributed by atoms with Gasteiger partial charge in [0.25, 0.3) is 5.91 Å². The van der Waals surface area contributed by atoms with Gasteiger partial charge in [0.2, 0.25) is 11.9 Å². The van der Waals surface area contributed by atoms with E-state index in [1.54, 1.807) is 36.5 Å². The molecule has 2 aromatic rings. The average molecular weight is 531 g/mol. The zero-order valence-electron chi connectivity index (χ0n) is 19.0. The summed E-state index contributed by atoms with van der Waals surface area (Å²) in [5.74, 6) is -2.26. The molecule has 12 heteroatoms. The number of benzene rings is 2. The van der Waals surface area contributed by atoms with Crippen molar-refractivity contribution in [3.63, 3.8) is 0 Å². The van der Waals surface area contributed by atoms with E-state index in [0.29, 0.717) is 30.5 Å². The second kappa shape index (κ2) is 12.2. The number of carbonyl (C=O) groups excluding carboxylic acids is 2. The molecule has 6 N–H and O–H groups in total. The molecular formula is C24H24Cl2N6O4. The number of hydrogen-bond donors (Lipinski definition) is 5. The number of guanidine groups is 1. The zero-order valence-corrected chi connectivity index (χ0v) is 20.5. The number of carboxylic acids is 1. The minimum atomic E-state index is -1.22. The quantitative estimate of drug-likeness (QED) is 0.151. The highest BCUT2D eigenvalue weighted by Gasteiger charge is 2.30. The molecule has 1 fully saturated rings. The maximum Gasteiger partial charge on any atom is 0.326 e. The number of carbonyl (C=O) groups is 3. The van der Waals surface area contributed by atoms with Gasteiger partial charge in [-0.3, -0.25) is 14.9 Å². The summed E-state index contributed by atoms with van der Waals surface area (Å²) >= 11 is 12.1. The van der Waals surface area contributed by atoms with Crippen LogP contribution in [0, 0.1) is 17.4 Å². The second-order valence-corrected chi connectivity index (χ2v) is 9.08. The number of anilines is 1. The molecule has 0 aliphatic heterocycles. The summed E-state index contributed by atoms with van der Waals surface area (Å²) in [5, 5.41) is 26.0. The summed E-state index contributed by atoms with van der Waals surface area (Å²) < 4.78 is 0. The molecule has 188 valence electrons. The summed E-state index contributed by atoms with van der Waals surface area (Å²) in [4.78, 5) is 41.2. The highest BCUT2D eigenvalue weighted by molar-refractivity contribution is 6.39. The van der Waals surface area contributed by atoms with Gasteiger partial charge in [0.1, 0.15) is 6.04 Å². The highest BCUT2D eigenvalue weighted by Crippen LogP contribution is 2.29. The first kappa shape index (κ1) is 26.8. The lowest BCUT2D eigenvalue weighted by molar-refractivity contribution is -0.139. The minimum Gasteiger partial charge on any atom is -0.480 e. The van der Waals surface area contributed by atoms with Crippen LogP contribution in [0.1, 0.15) is 35.2 Å². The molecule has 2 amide bonds. The van der Waals surface area contributed by atoms with Crippen molar-refractivity contribution in [2.75, 3.05) is 5.32 Å². The van der Waals surface area contributed by atoms with Gasteiger partial charge in [-0.2, -0.15) is 5.26 Å². The molecule has 0 aromatic heterocycles. The molecule has 0 saturated heterocycles. The number of carboxylic acid groups (broad SMARTS) is 1. The van der Waals surface area contributed by atoms with Gasteiger partial charge in [-0.25, -0.2) is 9.79 Å². The Bertz CT molecular complexity index is 1190. The molecule has 0 unspecified atom stereocenters. The third-order valence-electron chi connectivity index (χ3n) is 5.74. The number of aliphatic carboxylic acids is 1. The number of rotatable bonds is 8. The highest BCUT2D eigenvalue weighted by atomic mass is 35.5. The van der Waals surface area contributed by atoms with E-state index >= 15 is 0 Å². The molecule has 1 aliphatic carbocycles. The van der Waals surface area contributed by atoms with Crippen LogP contribution in [0.25, 0.3) is 0 Å². The molecule has 36 heavy (non-hydrogen) atoms. The predicted octanol–water partition coefficient (Wildman–Crippen LogP) is 2.91. The summed E-state index contributed by atoms with van der Waals surface area (Å²) in [7, 11) is 0. The maximum atomic E-state index is 12.6. The Labute approximate surface area is 217 Å². The number of nitrogens with zero attached hydrogens (tertiary/aromatic N) is 2. The number of amides is 2. The van der Waals surface area contributed by atoms with Crippen LogP contribution in [0.15, 0.2) is 47.5 Å². The average Bonchev–Trinajstić information content (AvgIpc) is 3.28. The third-order valence-corrected chi connectivity index (χ3v) is 6.37. The molecule has 10 nitrogen and oxygen atoms in total. The smallest absolute Gasteiger partial charge is 0.326 e. The molecule has 0 spiro atoms. The lowest BCUT2D eigenvalue weighted by Crippen LogP contribution is -2.42. The minimum absolute atomic E-state index is 0.00833. The Morgan fingerprint density at radius 3 is 2.42 bits per heavy atom. The van der Waals surface area contributed by atoms with E-state index in [0.717, 1.165) is 0 Å². The molecular weight excluding hydrogens is 507 g/mol. The van der Waals surface area contributed by atoms with Crippen LogP contribution < -0.4 is 21.7 Å². The largest absolute Gasteiger partial charge is 0.480 e. The molecule has 0 heterocycles. The molecule has 1 aliphatic rings. The monoisotopic (exact) mass is 530 g/mol. The number of nitrogens with one attached hydrogen (secondary N) is 3. The fraction of sp³-hybridized carbons (Fsp3) is 0.292. The van der Waals surface area contributed by atoms with Gasteiger partial charge < -0.3 is 21.5 Å². The number of nitrogens with two attached hydrogens (primary N) is 1. The first-order valence-corrected chi connectivity index (χ1v) is 11.8. The van der Waals surface area contributed by atoms with Crippen molar-refractivity contribution in [1.82, 2.24) is 10.6 Å². The fourth-order valence-electron chi connectivity index (χ4n) is 3.95. The number of aliphatic imine (C=N–C) groups is 1. The van der Waals surface area contributed by atoms with Gasteiger partial charge in [-0.05, 0) is 49.1 Å². The van der Waals surface area contributed by atoms with Gasteiger partial charge >= 0.3 is 5.97 Å². The van der Waals surface area contributed by atoms with Crippen LogP contribution in [0.2, 0.25) is 10.0 Å². The van der Waals surface area contributed by atoms with Crippen molar-refractivity contribution in [3.05, 3.63) is 63.6 Å². The molecule has 1 saturated carbocycles. The Morgan fingerprint density at radius 1 is 1.14 bits per heavy atom. The van der Waals surface area contributed by atoms with Crippen molar-refractivity contribution in [2.45, 2.75) is 37.8 Å². The summed E-state index contributed by atoms with van der Waals surface area (Å²) in [6.45, 7) is 0. The number of nitriles is 1. The Kier molecular flexibility index (Phi) is 9.11. The first-order chi connectivity index (χ1) is 17.2. The maximum absolute atomic E-state index is 12.6. The van der Waals surface area contributed by atoms with E-state index in [1.165, 1.54) is 12.1 Å². The Balaban J connectivity index is 1.58. The van der Waals surface area contributed by atoms with Gasteiger partial charge in [0.15, 0.2) is 6.19 Å². The second-order valence-electron chi connectivity index (χ2n) is 8.27. The summed E-state index contributed by atoms with van der Waals surface area (Å²) in [6.07, 6.45) is 3.57. The van der Waals surface area contributed by atoms with Crippen LogP contribution in [0.3, 0.4) is 0 Å². The fourth-order valence-corrected chi connectivity index (χ4v) is 4.52. The lowest BCUT2D eigenvalue weighted by atomic mass is 10.0. The van der Waals surface area contributed by atoms with Crippen molar-refractivity contribution in [3.8, 4) is 6.19 Å². The van der Waals surface area contributed by atoms with Gasteiger partial charge in [-0.15, -0.1) is 0 Å². The van der Waals surface area contributed by atoms with Crippen molar-refractivity contribution >= 4 is 52.6 Å². The van der Waals surface area contributed by atoms with E-state index in [-0.39, 0.29) is 45.9 Å².